The van der Waals surface area contributed by atoms with Crippen molar-refractivity contribution < 1.29 is 9.59 Å². The zero-order chi connectivity index (χ0) is 13.5. The van der Waals surface area contributed by atoms with Crippen LogP contribution in [0.1, 0.15) is 25.1 Å². The predicted octanol–water partition coefficient (Wildman–Crippen LogP) is 1.98. The number of pyridine rings is 1. The smallest absolute Gasteiger partial charge is 0.222 e. The number of nitrogens with zero attached hydrogens (tertiary/aromatic N) is 1. The highest BCUT2D eigenvalue weighted by Crippen LogP contribution is 2.09. The quantitative estimate of drug-likeness (QED) is 0.828. The molecular formula is C13H14N2O2S. The van der Waals surface area contributed by atoms with Crippen LogP contribution in [0.25, 0.3) is 0 Å². The third-order valence-corrected chi connectivity index (χ3v) is 2.66. The van der Waals surface area contributed by atoms with Crippen molar-refractivity contribution in [2.75, 3.05) is 11.1 Å². The average Bonchev–Trinajstić information content (AvgIpc) is 2.25. The summed E-state index contributed by atoms with van der Waals surface area (Å²) < 4.78 is 0. The molecule has 0 fully saturated rings. The molecule has 0 aliphatic rings. The van der Waals surface area contributed by atoms with Gasteiger partial charge in [-0.25, -0.2) is 4.98 Å². The molecule has 0 atom stereocenters. The summed E-state index contributed by atoms with van der Waals surface area (Å²) in [5.74, 6) is 6.69. The van der Waals surface area contributed by atoms with Crippen molar-refractivity contribution in [2.24, 2.45) is 0 Å². The molecule has 1 amide bonds. The van der Waals surface area contributed by atoms with Crippen LogP contribution in [-0.4, -0.2) is 21.8 Å². The van der Waals surface area contributed by atoms with Gasteiger partial charge in [0, 0.05) is 19.4 Å². The molecule has 0 radical (unpaired) electrons. The Bertz CT molecular complexity index is 530. The van der Waals surface area contributed by atoms with E-state index in [2.05, 4.69) is 22.1 Å². The second-order valence-corrected chi connectivity index (χ2v) is 4.74. The summed E-state index contributed by atoms with van der Waals surface area (Å²) in [5.41, 5.74) is 1.55. The van der Waals surface area contributed by atoms with E-state index in [-0.39, 0.29) is 11.0 Å². The number of rotatable bonds is 2. The largest absolute Gasteiger partial charge is 0.311 e. The molecule has 0 aliphatic carbocycles. The number of carbonyl (C=O) groups is 2. The minimum Gasteiger partial charge on any atom is -0.311 e. The molecule has 1 aromatic rings. The minimum atomic E-state index is -0.154. The first kappa shape index (κ1) is 14.3. The van der Waals surface area contributed by atoms with Crippen molar-refractivity contribution in [3.05, 3.63) is 23.4 Å². The normalized spacial score (nSPS) is 9.28. The molecule has 1 rings (SSSR count). The molecule has 5 heteroatoms. The maximum atomic E-state index is 10.9. The molecule has 0 unspecified atom stereocenters. The van der Waals surface area contributed by atoms with Gasteiger partial charge in [0.05, 0.1) is 11.4 Å². The lowest BCUT2D eigenvalue weighted by Crippen LogP contribution is -2.08. The lowest BCUT2D eigenvalue weighted by atomic mass is 10.2. The van der Waals surface area contributed by atoms with Gasteiger partial charge < -0.3 is 5.32 Å². The van der Waals surface area contributed by atoms with Crippen molar-refractivity contribution in [2.45, 2.75) is 20.8 Å². The molecule has 1 N–H and O–H groups in total. The van der Waals surface area contributed by atoms with Gasteiger partial charge >= 0.3 is 0 Å². The van der Waals surface area contributed by atoms with Crippen LogP contribution in [0.5, 0.6) is 0 Å². The number of amides is 1. The van der Waals surface area contributed by atoms with Gasteiger partial charge in [-0.1, -0.05) is 23.6 Å². The molecule has 0 spiro atoms. The van der Waals surface area contributed by atoms with Crippen molar-refractivity contribution in [1.29, 1.82) is 0 Å². The van der Waals surface area contributed by atoms with Crippen molar-refractivity contribution in [3.63, 3.8) is 0 Å². The lowest BCUT2D eigenvalue weighted by molar-refractivity contribution is -0.114. The molecule has 1 aromatic heterocycles. The van der Waals surface area contributed by atoms with Crippen LogP contribution in [-0.2, 0) is 9.59 Å². The zero-order valence-corrected chi connectivity index (χ0v) is 11.4. The van der Waals surface area contributed by atoms with Crippen molar-refractivity contribution in [3.8, 4) is 11.8 Å². The van der Waals surface area contributed by atoms with E-state index in [4.69, 9.17) is 0 Å². The number of carbonyl (C=O) groups excluding carboxylic acids is 2. The maximum absolute atomic E-state index is 10.9. The van der Waals surface area contributed by atoms with Gasteiger partial charge in [0.2, 0.25) is 5.91 Å². The summed E-state index contributed by atoms with van der Waals surface area (Å²) in [6.45, 7) is 4.78. The third kappa shape index (κ3) is 5.02. The number of hydrogen-bond donors (Lipinski definition) is 1. The second kappa shape index (κ2) is 6.82. The molecule has 0 saturated heterocycles. The van der Waals surface area contributed by atoms with E-state index in [0.717, 1.165) is 11.3 Å². The Morgan fingerprint density at radius 1 is 1.39 bits per heavy atom. The average molecular weight is 262 g/mol. The van der Waals surface area contributed by atoms with Crippen LogP contribution < -0.4 is 5.32 Å². The van der Waals surface area contributed by atoms with E-state index in [9.17, 15) is 9.59 Å². The summed E-state index contributed by atoms with van der Waals surface area (Å²) >= 11 is 1.18. The van der Waals surface area contributed by atoms with E-state index in [1.165, 1.54) is 25.6 Å². The third-order valence-electron chi connectivity index (χ3n) is 1.96. The highest BCUT2D eigenvalue weighted by molar-refractivity contribution is 8.13. The van der Waals surface area contributed by atoms with Gasteiger partial charge in [0.15, 0.2) is 5.12 Å². The SMILES string of the molecule is CC(=O)Nc1ccc(C#CCSC(C)=O)c(C)n1. The fourth-order valence-electron chi connectivity index (χ4n) is 1.21. The van der Waals surface area contributed by atoms with E-state index >= 15 is 0 Å². The summed E-state index contributed by atoms with van der Waals surface area (Å²) in [4.78, 5) is 25.8. The fraction of sp³-hybridized carbons (Fsp3) is 0.308. The predicted molar refractivity (Wildman–Crippen MR) is 73.3 cm³/mol. The molecular weight excluding hydrogens is 248 g/mol. The molecule has 94 valence electrons. The molecule has 0 saturated carbocycles. The first-order valence-corrected chi connectivity index (χ1v) is 6.35. The highest BCUT2D eigenvalue weighted by Gasteiger charge is 2.00. The van der Waals surface area contributed by atoms with E-state index in [1.807, 2.05) is 6.92 Å². The molecule has 0 aromatic carbocycles. The van der Waals surface area contributed by atoms with Crippen LogP contribution in [0, 0.1) is 18.8 Å². The van der Waals surface area contributed by atoms with Crippen LogP contribution in [0.3, 0.4) is 0 Å². The van der Waals surface area contributed by atoms with Crippen molar-refractivity contribution >= 4 is 28.6 Å². The van der Waals surface area contributed by atoms with Crippen LogP contribution in [0.15, 0.2) is 12.1 Å². The Hall–Kier alpha value is -1.80. The number of aromatic nitrogens is 1. The first-order chi connectivity index (χ1) is 8.49. The van der Waals surface area contributed by atoms with Crippen LogP contribution >= 0.6 is 11.8 Å². The van der Waals surface area contributed by atoms with Gasteiger partial charge in [0.25, 0.3) is 0 Å². The summed E-state index contributed by atoms with van der Waals surface area (Å²) in [7, 11) is 0. The summed E-state index contributed by atoms with van der Waals surface area (Å²) in [5, 5.41) is 2.66. The monoisotopic (exact) mass is 262 g/mol. The van der Waals surface area contributed by atoms with E-state index < -0.39 is 0 Å². The van der Waals surface area contributed by atoms with E-state index in [1.54, 1.807) is 12.1 Å². The lowest BCUT2D eigenvalue weighted by Gasteiger charge is -2.03. The van der Waals surface area contributed by atoms with Gasteiger partial charge in [-0.15, -0.1) is 0 Å². The van der Waals surface area contributed by atoms with Gasteiger partial charge in [0.1, 0.15) is 5.82 Å². The van der Waals surface area contributed by atoms with Gasteiger partial charge in [-0.2, -0.15) is 0 Å². The number of hydrogen-bond acceptors (Lipinski definition) is 4. The molecule has 1 heterocycles. The van der Waals surface area contributed by atoms with Crippen molar-refractivity contribution in [1.82, 2.24) is 4.98 Å². The fourth-order valence-corrected chi connectivity index (χ4v) is 1.56. The topological polar surface area (TPSA) is 59.1 Å². The number of aryl methyl sites for hydroxylation is 1. The molecule has 4 nitrogen and oxygen atoms in total. The first-order valence-electron chi connectivity index (χ1n) is 5.36. The second-order valence-electron chi connectivity index (χ2n) is 3.59. The Morgan fingerprint density at radius 2 is 2.11 bits per heavy atom. The van der Waals surface area contributed by atoms with Gasteiger partial charge in [-0.3, -0.25) is 9.59 Å². The Morgan fingerprint density at radius 3 is 2.67 bits per heavy atom. The molecule has 0 bridgehead atoms. The highest BCUT2D eigenvalue weighted by atomic mass is 32.2. The number of anilines is 1. The van der Waals surface area contributed by atoms with Gasteiger partial charge in [-0.05, 0) is 19.1 Å². The zero-order valence-electron chi connectivity index (χ0n) is 10.5. The Kier molecular flexibility index (Phi) is 5.40. The summed E-state index contributed by atoms with van der Waals surface area (Å²) in [6, 6.07) is 3.51. The Labute approximate surface area is 111 Å². The number of thioether (sulfide) groups is 1. The van der Waals surface area contributed by atoms with E-state index in [0.29, 0.717) is 11.6 Å². The Balaban J connectivity index is 2.73. The van der Waals surface area contributed by atoms with Crippen LogP contribution in [0.2, 0.25) is 0 Å². The molecule has 0 aliphatic heterocycles. The number of nitrogens with one attached hydrogen (secondary N) is 1. The standard InChI is InChI=1S/C13H14N2O2S/c1-9-12(5-4-8-18-11(3)17)6-7-13(14-9)15-10(2)16/h6-7H,8H2,1-3H3,(H,14,15,16). The van der Waals surface area contributed by atoms with Crippen LogP contribution in [0.4, 0.5) is 5.82 Å². The summed E-state index contributed by atoms with van der Waals surface area (Å²) in [6.07, 6.45) is 0. The maximum Gasteiger partial charge on any atom is 0.222 e. The molecule has 18 heavy (non-hydrogen) atoms. The minimum absolute atomic E-state index is 0.0557.